The van der Waals surface area contributed by atoms with E-state index in [4.69, 9.17) is 0 Å². The van der Waals surface area contributed by atoms with Crippen molar-refractivity contribution in [3.63, 3.8) is 0 Å². The van der Waals surface area contributed by atoms with Crippen LogP contribution in [0.15, 0.2) is 0 Å². The summed E-state index contributed by atoms with van der Waals surface area (Å²) in [5.41, 5.74) is 0. The van der Waals surface area contributed by atoms with Crippen molar-refractivity contribution in [1.29, 1.82) is 0 Å². The highest BCUT2D eigenvalue weighted by molar-refractivity contribution is 9.25. The molecule has 0 unspecified atom stereocenters. The molecule has 0 bridgehead atoms. The molecule has 0 amide bonds. The summed E-state index contributed by atoms with van der Waals surface area (Å²) in [4.78, 5) is 10.0. The fraction of sp³-hybridized carbons (Fsp3) is 0.667. The van der Waals surface area contributed by atoms with Gasteiger partial charge in [-0.3, -0.25) is 4.79 Å². The van der Waals surface area contributed by atoms with Crippen molar-refractivity contribution in [2.75, 3.05) is 0 Å². The quantitative estimate of drug-likeness (QED) is 0.609. The van der Waals surface area contributed by atoms with Crippen LogP contribution in [-0.2, 0) is 4.79 Å². The number of Topliss-reactive ketones (excluding diaryl/α,β-unsaturated/α-hetero) is 1. The van der Waals surface area contributed by atoms with Gasteiger partial charge in [0.15, 0.2) is 5.78 Å². The second-order valence-corrected chi connectivity index (χ2v) is 3.97. The van der Waals surface area contributed by atoms with Crippen LogP contribution >= 0.6 is 31.9 Å². The molecule has 0 atom stereocenters. The van der Waals surface area contributed by atoms with Crippen LogP contribution in [-0.4, -0.2) is 9.52 Å². The molecule has 1 nitrogen and oxygen atoms in total. The number of halogens is 2. The molecule has 0 aliphatic carbocycles. The van der Waals surface area contributed by atoms with Gasteiger partial charge in [-0.05, 0) is 6.92 Å². The Morgan fingerprint density at radius 1 is 1.67 bits per heavy atom. The smallest absolute Gasteiger partial charge is 0.154 e. The summed E-state index contributed by atoms with van der Waals surface area (Å²) in [5.74, 6) is 0.0926. The lowest BCUT2D eigenvalue weighted by molar-refractivity contribution is -0.114. The lowest BCUT2D eigenvalue weighted by Crippen LogP contribution is -1.97. The topological polar surface area (TPSA) is 17.1 Å². The maximum atomic E-state index is 10.0. The summed E-state index contributed by atoms with van der Waals surface area (Å²) >= 11 is 6.01. The molecular formula is C3H4Br2O. The third-order valence-electron chi connectivity index (χ3n) is 0.307. The van der Waals surface area contributed by atoms with Gasteiger partial charge >= 0.3 is 0 Å². The van der Waals surface area contributed by atoms with Crippen LogP contribution in [0.4, 0.5) is 0 Å². The van der Waals surface area contributed by atoms with Crippen LogP contribution in [0.2, 0.25) is 0 Å². The Bertz CT molecular complexity index is 59.8. The molecule has 0 aliphatic rings. The predicted octanol–water partition coefficient (Wildman–Crippen LogP) is 1.69. The highest BCUT2D eigenvalue weighted by Gasteiger charge is 1.99. The lowest BCUT2D eigenvalue weighted by Gasteiger charge is -1.86. The van der Waals surface area contributed by atoms with Crippen molar-refractivity contribution in [1.82, 2.24) is 0 Å². The van der Waals surface area contributed by atoms with E-state index in [0.717, 1.165) is 0 Å². The molecule has 0 aliphatic heterocycles. The third kappa shape index (κ3) is 2.85. The molecular weight excluding hydrogens is 212 g/mol. The Morgan fingerprint density at radius 3 is 1.83 bits per heavy atom. The first kappa shape index (κ1) is 6.63. The average Bonchev–Trinajstić information content (AvgIpc) is 1.36. The molecule has 0 spiro atoms. The van der Waals surface area contributed by atoms with Gasteiger partial charge in [0.1, 0.15) is 3.74 Å². The molecule has 3 heteroatoms. The number of hydrogen-bond donors (Lipinski definition) is 0. The predicted molar refractivity (Wildman–Crippen MR) is 32.3 cm³/mol. The van der Waals surface area contributed by atoms with Gasteiger partial charge in [0.05, 0.1) is 0 Å². The largest absolute Gasteiger partial charge is 0.298 e. The molecule has 0 aromatic heterocycles. The number of carbonyl (C=O) groups is 1. The first-order valence-corrected chi connectivity index (χ1v) is 3.26. The number of carbonyl (C=O) groups excluding carboxylic acids is 1. The fourth-order valence-corrected chi connectivity index (χ4v) is 0. The van der Waals surface area contributed by atoms with Crippen molar-refractivity contribution in [2.45, 2.75) is 10.7 Å². The average molecular weight is 216 g/mol. The Labute approximate surface area is 53.4 Å². The maximum Gasteiger partial charge on any atom is 0.154 e. The minimum Gasteiger partial charge on any atom is -0.298 e. The van der Waals surface area contributed by atoms with E-state index in [1.54, 1.807) is 0 Å². The number of hydrogen-bond acceptors (Lipinski definition) is 1. The SMILES string of the molecule is CC(=O)C(Br)Br. The summed E-state index contributed by atoms with van der Waals surface area (Å²) in [6.07, 6.45) is 0. The van der Waals surface area contributed by atoms with Crippen LogP contribution in [0.25, 0.3) is 0 Å². The Balaban J connectivity index is 3.26. The lowest BCUT2D eigenvalue weighted by atomic mass is 10.5. The second-order valence-electron chi connectivity index (χ2n) is 0.911. The van der Waals surface area contributed by atoms with Crippen LogP contribution in [0, 0.1) is 0 Å². The van der Waals surface area contributed by atoms with Crippen molar-refractivity contribution in [3.05, 3.63) is 0 Å². The van der Waals surface area contributed by atoms with Crippen LogP contribution in [0.1, 0.15) is 6.92 Å². The minimum absolute atomic E-state index is 0.0926. The standard InChI is InChI=1S/C3H4Br2O/c1-2(6)3(4)5/h3H,1H3. The van der Waals surface area contributed by atoms with E-state index in [-0.39, 0.29) is 9.52 Å². The van der Waals surface area contributed by atoms with Crippen molar-refractivity contribution >= 4 is 37.6 Å². The maximum absolute atomic E-state index is 10.0. The first-order valence-electron chi connectivity index (χ1n) is 1.43. The summed E-state index contributed by atoms with van der Waals surface area (Å²) in [6, 6.07) is 0. The zero-order chi connectivity index (χ0) is 5.15. The van der Waals surface area contributed by atoms with Crippen molar-refractivity contribution < 1.29 is 4.79 Å². The zero-order valence-electron chi connectivity index (χ0n) is 3.24. The van der Waals surface area contributed by atoms with E-state index < -0.39 is 0 Å². The van der Waals surface area contributed by atoms with Gasteiger partial charge in [0.25, 0.3) is 0 Å². The van der Waals surface area contributed by atoms with E-state index >= 15 is 0 Å². The van der Waals surface area contributed by atoms with Crippen LogP contribution in [0.5, 0.6) is 0 Å². The van der Waals surface area contributed by atoms with Gasteiger partial charge in [0.2, 0.25) is 0 Å². The Hall–Kier alpha value is 0.630. The molecule has 0 rings (SSSR count). The van der Waals surface area contributed by atoms with E-state index in [1.165, 1.54) is 6.92 Å². The minimum atomic E-state index is -0.162. The molecule has 0 fully saturated rings. The molecule has 36 valence electrons. The first-order chi connectivity index (χ1) is 2.64. The molecule has 0 saturated heterocycles. The molecule has 0 aromatic carbocycles. The molecule has 0 radical (unpaired) electrons. The highest BCUT2D eigenvalue weighted by Crippen LogP contribution is 2.07. The second kappa shape index (κ2) is 2.75. The van der Waals surface area contributed by atoms with Gasteiger partial charge < -0.3 is 0 Å². The Morgan fingerprint density at radius 2 is 1.83 bits per heavy atom. The van der Waals surface area contributed by atoms with Gasteiger partial charge in [0, 0.05) is 0 Å². The van der Waals surface area contributed by atoms with Crippen LogP contribution in [0.3, 0.4) is 0 Å². The monoisotopic (exact) mass is 214 g/mol. The van der Waals surface area contributed by atoms with Gasteiger partial charge in [-0.25, -0.2) is 0 Å². The Kier molecular flexibility index (Phi) is 3.03. The molecule has 0 heterocycles. The van der Waals surface area contributed by atoms with E-state index in [9.17, 15) is 4.79 Å². The van der Waals surface area contributed by atoms with E-state index in [2.05, 4.69) is 31.9 Å². The van der Waals surface area contributed by atoms with Gasteiger partial charge in [-0.15, -0.1) is 0 Å². The normalized spacial score (nSPS) is 9.33. The molecule has 6 heavy (non-hydrogen) atoms. The van der Waals surface area contributed by atoms with E-state index in [1.807, 2.05) is 0 Å². The van der Waals surface area contributed by atoms with Gasteiger partial charge in [-0.2, -0.15) is 0 Å². The summed E-state index contributed by atoms with van der Waals surface area (Å²) < 4.78 is -0.162. The molecule has 0 saturated carbocycles. The highest BCUT2D eigenvalue weighted by atomic mass is 79.9. The van der Waals surface area contributed by atoms with Crippen molar-refractivity contribution in [2.24, 2.45) is 0 Å². The fourth-order valence-electron chi connectivity index (χ4n) is 0. The van der Waals surface area contributed by atoms with Crippen LogP contribution < -0.4 is 0 Å². The summed E-state index contributed by atoms with van der Waals surface area (Å²) in [7, 11) is 0. The zero-order valence-corrected chi connectivity index (χ0v) is 6.41. The number of rotatable bonds is 1. The van der Waals surface area contributed by atoms with Gasteiger partial charge in [-0.1, -0.05) is 31.9 Å². The number of ketones is 1. The molecule has 0 N–H and O–H groups in total. The molecule has 0 aromatic rings. The third-order valence-corrected chi connectivity index (χ3v) is 1.60. The summed E-state index contributed by atoms with van der Waals surface area (Å²) in [5, 5.41) is 0. The van der Waals surface area contributed by atoms with Crippen molar-refractivity contribution in [3.8, 4) is 0 Å². The number of alkyl halides is 2. The van der Waals surface area contributed by atoms with E-state index in [0.29, 0.717) is 0 Å². The summed E-state index contributed by atoms with van der Waals surface area (Å²) in [6.45, 7) is 1.51.